The van der Waals surface area contributed by atoms with E-state index < -0.39 is 0 Å². The van der Waals surface area contributed by atoms with Crippen molar-refractivity contribution in [3.05, 3.63) is 34.2 Å². The van der Waals surface area contributed by atoms with Gasteiger partial charge in [0.05, 0.1) is 6.21 Å². The standard InChI is InChI=1S/C15H24N2S.C2H6.C2H2/c1-4-5-6-7-8-9-13(2)17-16-12-15-11-10-14(3)18-15;2*1-2/h10-12,17H,2,4-9H2,1,3H3;1-2H3;1-2H/b16-12+;;. The number of rotatable bonds is 9. The lowest BCUT2D eigenvalue weighted by Gasteiger charge is -2.04. The topological polar surface area (TPSA) is 24.4 Å². The normalized spacial score (nSPS) is 9.36. The van der Waals surface area contributed by atoms with Crippen LogP contribution < -0.4 is 5.43 Å². The van der Waals surface area contributed by atoms with E-state index in [4.69, 9.17) is 0 Å². The molecule has 0 aliphatic rings. The van der Waals surface area contributed by atoms with E-state index in [0.29, 0.717) is 0 Å². The van der Waals surface area contributed by atoms with E-state index in [-0.39, 0.29) is 0 Å². The Labute approximate surface area is 141 Å². The number of hydrogen-bond donors (Lipinski definition) is 1. The zero-order valence-corrected chi connectivity index (χ0v) is 15.5. The van der Waals surface area contributed by atoms with Crippen LogP contribution in [0.15, 0.2) is 29.5 Å². The van der Waals surface area contributed by atoms with Gasteiger partial charge in [0.2, 0.25) is 0 Å². The minimum atomic E-state index is 1.01. The van der Waals surface area contributed by atoms with Gasteiger partial charge in [-0.15, -0.1) is 24.2 Å². The molecule has 2 nitrogen and oxygen atoms in total. The van der Waals surface area contributed by atoms with Gasteiger partial charge in [0, 0.05) is 15.5 Å². The molecule has 3 heteroatoms. The Morgan fingerprint density at radius 2 is 1.86 bits per heavy atom. The van der Waals surface area contributed by atoms with Gasteiger partial charge in [-0.05, 0) is 31.9 Å². The quantitative estimate of drug-likeness (QED) is 0.252. The highest BCUT2D eigenvalue weighted by atomic mass is 32.1. The Balaban J connectivity index is 0. The third-order valence-electron chi connectivity index (χ3n) is 2.76. The number of thiophene rings is 1. The summed E-state index contributed by atoms with van der Waals surface area (Å²) in [5.74, 6) is 0. The van der Waals surface area contributed by atoms with Gasteiger partial charge in [-0.25, -0.2) is 0 Å². The van der Waals surface area contributed by atoms with Crippen molar-refractivity contribution < 1.29 is 0 Å². The molecule has 1 aromatic heterocycles. The second kappa shape index (κ2) is 17.5. The summed E-state index contributed by atoms with van der Waals surface area (Å²) in [5.41, 5.74) is 4.02. The summed E-state index contributed by atoms with van der Waals surface area (Å²) in [7, 11) is 0. The number of hydrogen-bond acceptors (Lipinski definition) is 3. The zero-order chi connectivity index (χ0) is 17.2. The Morgan fingerprint density at radius 3 is 2.41 bits per heavy atom. The summed E-state index contributed by atoms with van der Waals surface area (Å²) in [5, 5.41) is 4.21. The molecule has 124 valence electrons. The van der Waals surface area contributed by atoms with Gasteiger partial charge in [0.1, 0.15) is 0 Å². The van der Waals surface area contributed by atoms with E-state index in [9.17, 15) is 0 Å². The molecule has 0 aliphatic heterocycles. The van der Waals surface area contributed by atoms with E-state index in [1.807, 2.05) is 20.1 Å². The number of hydrazone groups is 1. The number of terminal acetylenes is 1. The Morgan fingerprint density at radius 1 is 1.23 bits per heavy atom. The van der Waals surface area contributed by atoms with E-state index in [2.05, 4.69) is 55.9 Å². The van der Waals surface area contributed by atoms with Crippen LogP contribution in [0.4, 0.5) is 0 Å². The molecule has 22 heavy (non-hydrogen) atoms. The molecule has 0 aliphatic carbocycles. The largest absolute Gasteiger partial charge is 0.283 e. The summed E-state index contributed by atoms with van der Waals surface area (Å²) < 4.78 is 0. The number of aryl methyl sites for hydroxylation is 1. The lowest BCUT2D eigenvalue weighted by atomic mass is 10.1. The molecular formula is C19H32N2S. The van der Waals surface area contributed by atoms with E-state index in [1.54, 1.807) is 11.3 Å². The summed E-state index contributed by atoms with van der Waals surface area (Å²) in [6, 6.07) is 4.19. The van der Waals surface area contributed by atoms with Crippen molar-refractivity contribution in [2.45, 2.75) is 66.2 Å². The number of nitrogens with one attached hydrogen (secondary N) is 1. The summed E-state index contributed by atoms with van der Waals surface area (Å²) in [6.07, 6.45) is 17.4. The Hall–Kier alpha value is -1.53. The molecule has 1 heterocycles. The second-order valence-electron chi connectivity index (χ2n) is 4.59. The number of allylic oxidation sites excluding steroid dienone is 1. The zero-order valence-electron chi connectivity index (χ0n) is 14.7. The molecule has 0 unspecified atom stereocenters. The first-order chi connectivity index (χ1) is 10.7. The van der Waals surface area contributed by atoms with Crippen LogP contribution >= 0.6 is 11.3 Å². The fourth-order valence-electron chi connectivity index (χ4n) is 1.71. The van der Waals surface area contributed by atoms with Crippen molar-refractivity contribution in [1.82, 2.24) is 5.43 Å². The molecule has 0 fully saturated rings. The van der Waals surface area contributed by atoms with Gasteiger partial charge in [-0.3, -0.25) is 5.43 Å². The van der Waals surface area contributed by atoms with E-state index >= 15 is 0 Å². The monoisotopic (exact) mass is 320 g/mol. The minimum absolute atomic E-state index is 1.01. The first kappa shape index (κ1) is 22.7. The van der Waals surface area contributed by atoms with Crippen molar-refractivity contribution in [1.29, 1.82) is 0 Å². The molecule has 1 rings (SSSR count). The number of unbranched alkanes of at least 4 members (excludes halogenated alkanes) is 4. The van der Waals surface area contributed by atoms with Crippen LogP contribution in [0.25, 0.3) is 0 Å². The van der Waals surface area contributed by atoms with Crippen molar-refractivity contribution in [3.63, 3.8) is 0 Å². The Kier molecular flexibility index (Phi) is 18.1. The molecule has 0 amide bonds. The molecule has 0 saturated carbocycles. The second-order valence-corrected chi connectivity index (χ2v) is 5.91. The first-order valence-electron chi connectivity index (χ1n) is 8.09. The highest BCUT2D eigenvalue weighted by Crippen LogP contribution is 2.12. The van der Waals surface area contributed by atoms with Crippen LogP contribution in [0, 0.1) is 19.8 Å². The van der Waals surface area contributed by atoms with Gasteiger partial charge in [0.25, 0.3) is 0 Å². The molecule has 0 saturated heterocycles. The smallest absolute Gasteiger partial charge is 0.0644 e. The van der Waals surface area contributed by atoms with Gasteiger partial charge in [-0.2, -0.15) is 5.10 Å². The van der Waals surface area contributed by atoms with E-state index in [0.717, 1.165) is 12.1 Å². The third-order valence-corrected chi connectivity index (χ3v) is 3.69. The maximum atomic E-state index is 4.21. The average Bonchev–Trinajstić information content (AvgIpc) is 2.96. The molecule has 0 radical (unpaired) electrons. The van der Waals surface area contributed by atoms with Crippen LogP contribution in [0.5, 0.6) is 0 Å². The SMILES string of the molecule is C#C.C=C(CCCCCCC)N/N=C/c1ccc(C)s1.CC. The average molecular weight is 321 g/mol. The highest BCUT2D eigenvalue weighted by Gasteiger charge is 1.94. The maximum absolute atomic E-state index is 4.21. The molecular weight excluding hydrogens is 288 g/mol. The van der Waals surface area contributed by atoms with Crippen molar-refractivity contribution in [2.75, 3.05) is 0 Å². The van der Waals surface area contributed by atoms with Crippen LogP contribution in [-0.4, -0.2) is 6.21 Å². The lowest BCUT2D eigenvalue weighted by Crippen LogP contribution is -2.04. The lowest BCUT2D eigenvalue weighted by molar-refractivity contribution is 0.618. The van der Waals surface area contributed by atoms with Crippen molar-refractivity contribution >= 4 is 17.6 Å². The maximum Gasteiger partial charge on any atom is 0.0644 e. The van der Waals surface area contributed by atoms with Crippen LogP contribution in [0.2, 0.25) is 0 Å². The van der Waals surface area contributed by atoms with Crippen molar-refractivity contribution in [2.24, 2.45) is 5.10 Å². The first-order valence-corrected chi connectivity index (χ1v) is 8.90. The molecule has 1 N–H and O–H groups in total. The molecule has 0 atom stereocenters. The minimum Gasteiger partial charge on any atom is -0.283 e. The highest BCUT2D eigenvalue weighted by molar-refractivity contribution is 7.13. The van der Waals surface area contributed by atoms with Gasteiger partial charge in [-0.1, -0.05) is 53.0 Å². The number of nitrogens with zero attached hydrogens (tertiary/aromatic N) is 1. The fraction of sp³-hybridized carbons (Fsp3) is 0.526. The fourth-order valence-corrected chi connectivity index (χ4v) is 2.46. The molecule has 1 aromatic rings. The predicted molar refractivity (Wildman–Crippen MR) is 104 cm³/mol. The van der Waals surface area contributed by atoms with Crippen molar-refractivity contribution in [3.8, 4) is 12.8 Å². The summed E-state index contributed by atoms with van der Waals surface area (Å²) in [4.78, 5) is 2.49. The van der Waals surface area contributed by atoms with Gasteiger partial charge < -0.3 is 0 Å². The van der Waals surface area contributed by atoms with Gasteiger partial charge in [0.15, 0.2) is 0 Å². The van der Waals surface area contributed by atoms with E-state index in [1.165, 1.54) is 41.9 Å². The van der Waals surface area contributed by atoms with Crippen LogP contribution in [-0.2, 0) is 0 Å². The predicted octanol–water partition coefficient (Wildman–Crippen LogP) is 6.13. The van der Waals surface area contributed by atoms with Gasteiger partial charge >= 0.3 is 0 Å². The van der Waals surface area contributed by atoms with Crippen LogP contribution in [0.3, 0.4) is 0 Å². The third kappa shape index (κ3) is 13.5. The molecule has 0 spiro atoms. The van der Waals surface area contributed by atoms with Crippen LogP contribution in [0.1, 0.15) is 69.1 Å². The Bertz CT molecular complexity index is 416. The molecule has 0 bridgehead atoms. The summed E-state index contributed by atoms with van der Waals surface area (Å²) in [6.45, 7) is 12.3. The molecule has 0 aromatic carbocycles. The summed E-state index contributed by atoms with van der Waals surface area (Å²) >= 11 is 1.75.